The predicted octanol–water partition coefficient (Wildman–Crippen LogP) is 4.25. The van der Waals surface area contributed by atoms with Crippen molar-refractivity contribution < 1.29 is 15.2 Å². The van der Waals surface area contributed by atoms with E-state index in [2.05, 4.69) is 0 Å². The van der Waals surface area contributed by atoms with Crippen molar-refractivity contribution in [2.24, 2.45) is 0 Å². The van der Waals surface area contributed by atoms with Crippen LogP contribution in [0.4, 0.5) is 5.69 Å². The number of hydrogen-bond donors (Lipinski definition) is 2. The summed E-state index contributed by atoms with van der Waals surface area (Å²) in [5.41, 5.74) is 1.40. The third kappa shape index (κ3) is 2.69. The van der Waals surface area contributed by atoms with Gasteiger partial charge in [0.25, 0.3) is 0 Å². The second-order valence-corrected chi connectivity index (χ2v) is 5.93. The summed E-state index contributed by atoms with van der Waals surface area (Å²) in [5, 5.41) is 18.4. The highest BCUT2D eigenvalue weighted by atomic mass is 35.5. The van der Waals surface area contributed by atoms with Gasteiger partial charge in [0, 0.05) is 10.5 Å². The molecule has 1 aliphatic rings. The minimum Gasteiger partial charge on any atom is -0.288 e. The van der Waals surface area contributed by atoms with Crippen LogP contribution >= 0.6 is 23.4 Å². The first-order valence-electron chi connectivity index (χ1n) is 6.07. The van der Waals surface area contributed by atoms with Crippen LogP contribution in [0, 0.1) is 0 Å². The molecule has 0 saturated heterocycles. The quantitative estimate of drug-likeness (QED) is 0.640. The van der Waals surface area contributed by atoms with Crippen LogP contribution in [-0.2, 0) is 0 Å². The fourth-order valence-corrected chi connectivity index (χ4v) is 3.30. The lowest BCUT2D eigenvalue weighted by Gasteiger charge is -2.10. The highest BCUT2D eigenvalue weighted by Crippen LogP contribution is 2.40. The molecule has 0 saturated carbocycles. The molecule has 0 atom stereocenters. The number of carbonyl (C=O) groups excluding carboxylic acids is 1. The molecule has 2 aromatic rings. The zero-order chi connectivity index (χ0) is 15.0. The van der Waals surface area contributed by atoms with Crippen molar-refractivity contribution in [1.82, 2.24) is 0 Å². The van der Waals surface area contributed by atoms with Crippen LogP contribution in [0.2, 0.25) is 5.02 Å². The molecule has 0 aliphatic carbocycles. The third-order valence-electron chi connectivity index (χ3n) is 3.06. The summed E-state index contributed by atoms with van der Waals surface area (Å²) < 4.78 is 0. The lowest BCUT2D eigenvalue weighted by Crippen LogP contribution is -2.11. The summed E-state index contributed by atoms with van der Waals surface area (Å²) in [6.45, 7) is 0. The average Bonchev–Trinajstić information content (AvgIpc) is 2.78. The van der Waals surface area contributed by atoms with Crippen molar-refractivity contribution in [2.45, 2.75) is 4.90 Å². The van der Waals surface area contributed by atoms with Crippen LogP contribution in [0.15, 0.2) is 52.3 Å². The van der Waals surface area contributed by atoms with Crippen molar-refractivity contribution in [3.63, 3.8) is 0 Å². The zero-order valence-electron chi connectivity index (χ0n) is 10.7. The van der Waals surface area contributed by atoms with Crippen molar-refractivity contribution in [2.75, 3.05) is 5.23 Å². The van der Waals surface area contributed by atoms with E-state index in [1.54, 1.807) is 24.3 Å². The van der Waals surface area contributed by atoms with E-state index >= 15 is 0 Å². The van der Waals surface area contributed by atoms with Gasteiger partial charge in [0.15, 0.2) is 0 Å². The van der Waals surface area contributed by atoms with E-state index in [-0.39, 0.29) is 21.7 Å². The van der Waals surface area contributed by atoms with Crippen LogP contribution in [0.3, 0.4) is 0 Å². The molecule has 0 fully saturated rings. The van der Waals surface area contributed by atoms with E-state index in [1.807, 2.05) is 18.2 Å². The maximum absolute atomic E-state index is 12.3. The Balaban J connectivity index is 1.98. The fraction of sp³-hybridized carbons (Fsp3) is 0. The average molecular weight is 320 g/mol. The molecule has 2 N–H and O–H groups in total. The summed E-state index contributed by atoms with van der Waals surface area (Å²) >= 11 is 7.25. The van der Waals surface area contributed by atoms with Gasteiger partial charge in [-0.15, -0.1) is 5.23 Å². The first-order chi connectivity index (χ1) is 10.1. The van der Waals surface area contributed by atoms with E-state index in [9.17, 15) is 4.79 Å². The molecule has 0 unspecified atom stereocenters. The molecule has 3 rings (SSSR count). The van der Waals surface area contributed by atoms with Gasteiger partial charge in [0.1, 0.15) is 5.69 Å². The van der Waals surface area contributed by atoms with Crippen LogP contribution < -0.4 is 5.23 Å². The van der Waals surface area contributed by atoms with Gasteiger partial charge in [-0.1, -0.05) is 41.6 Å². The van der Waals surface area contributed by atoms with Crippen LogP contribution in [-0.4, -0.2) is 16.2 Å². The predicted molar refractivity (Wildman–Crippen MR) is 82.1 cm³/mol. The van der Waals surface area contributed by atoms with E-state index < -0.39 is 0 Å². The maximum Gasteiger partial charge on any atom is 0.200 e. The summed E-state index contributed by atoms with van der Waals surface area (Å²) in [6.07, 6.45) is 1.70. The molecular formula is C15H10ClNO3S. The third-order valence-corrected chi connectivity index (χ3v) is 4.48. The minimum absolute atomic E-state index is 0.0306. The number of ketones is 1. The fourth-order valence-electron chi connectivity index (χ4n) is 2.06. The number of benzene rings is 2. The lowest BCUT2D eigenvalue weighted by atomic mass is 10.1. The number of allylic oxidation sites excluding steroid dienone is 1. The number of hydrogen-bond acceptors (Lipinski definition) is 5. The van der Waals surface area contributed by atoms with Gasteiger partial charge in [-0.05, 0) is 35.9 Å². The second kappa shape index (κ2) is 5.54. The van der Waals surface area contributed by atoms with Crippen LogP contribution in [0.25, 0.3) is 6.08 Å². The summed E-state index contributed by atoms with van der Waals surface area (Å²) in [5.74, 6) is -0.0306. The maximum atomic E-state index is 12.3. The molecule has 0 amide bonds. The van der Waals surface area contributed by atoms with E-state index in [0.717, 1.165) is 4.90 Å². The molecule has 1 aliphatic heterocycles. The standard InChI is InChI=1S/C15H10ClNO3S/c16-11-6-5-9(7-12(11)17(19)20)8-14-15(18)10-3-1-2-4-13(10)21-14/h1-8,19-20H/b14-8+. The Hall–Kier alpha value is -1.79. The van der Waals surface area contributed by atoms with Gasteiger partial charge in [0.05, 0.1) is 9.93 Å². The Morgan fingerprint density at radius 1 is 1.14 bits per heavy atom. The number of nitrogens with zero attached hydrogens (tertiary/aromatic N) is 1. The Labute approximate surface area is 130 Å². The molecule has 0 bridgehead atoms. The Kier molecular flexibility index (Phi) is 3.73. The molecule has 0 spiro atoms. The lowest BCUT2D eigenvalue weighted by molar-refractivity contribution is 0.0292. The number of carbonyl (C=O) groups is 1. The minimum atomic E-state index is -0.0390. The molecular weight excluding hydrogens is 310 g/mol. The molecule has 1 heterocycles. The monoisotopic (exact) mass is 319 g/mol. The van der Waals surface area contributed by atoms with Crippen molar-refractivity contribution in [3.8, 4) is 0 Å². The van der Waals surface area contributed by atoms with Crippen LogP contribution in [0.1, 0.15) is 15.9 Å². The molecule has 0 radical (unpaired) electrons. The van der Waals surface area contributed by atoms with Gasteiger partial charge in [-0.2, -0.15) is 0 Å². The highest BCUT2D eigenvalue weighted by Gasteiger charge is 2.25. The number of thioether (sulfide) groups is 1. The molecule has 2 aromatic carbocycles. The summed E-state index contributed by atoms with van der Waals surface area (Å²) in [6, 6.07) is 12.1. The molecule has 4 nitrogen and oxygen atoms in total. The SMILES string of the molecule is O=C1/C(=C\c2ccc(Cl)c(N(O)O)c2)Sc2ccccc21. The van der Waals surface area contributed by atoms with E-state index in [0.29, 0.717) is 16.0 Å². The van der Waals surface area contributed by atoms with E-state index in [4.69, 9.17) is 22.0 Å². The summed E-state index contributed by atoms with van der Waals surface area (Å²) in [7, 11) is 0. The number of halogens is 1. The van der Waals surface area contributed by atoms with Gasteiger partial charge >= 0.3 is 0 Å². The Bertz CT molecular complexity index is 758. The molecule has 0 aromatic heterocycles. The zero-order valence-corrected chi connectivity index (χ0v) is 12.2. The largest absolute Gasteiger partial charge is 0.288 e. The number of anilines is 1. The molecule has 106 valence electrons. The van der Waals surface area contributed by atoms with Gasteiger partial charge in [-0.3, -0.25) is 15.2 Å². The topological polar surface area (TPSA) is 60.8 Å². The Morgan fingerprint density at radius 3 is 2.62 bits per heavy atom. The van der Waals surface area contributed by atoms with Crippen molar-refractivity contribution in [1.29, 1.82) is 0 Å². The normalized spacial score (nSPS) is 15.4. The van der Waals surface area contributed by atoms with Gasteiger partial charge in [0.2, 0.25) is 5.78 Å². The second-order valence-electron chi connectivity index (χ2n) is 4.44. The number of fused-ring (bicyclic) bond motifs is 1. The van der Waals surface area contributed by atoms with Crippen molar-refractivity contribution >= 4 is 40.9 Å². The highest BCUT2D eigenvalue weighted by molar-refractivity contribution is 8.04. The van der Waals surface area contributed by atoms with E-state index in [1.165, 1.54) is 17.8 Å². The molecule has 21 heavy (non-hydrogen) atoms. The van der Waals surface area contributed by atoms with Crippen molar-refractivity contribution in [3.05, 3.63) is 63.5 Å². The van der Waals surface area contributed by atoms with Gasteiger partial charge < -0.3 is 0 Å². The number of Topliss-reactive ketones (excluding diaryl/α,β-unsaturated/α-hetero) is 1. The first kappa shape index (κ1) is 14.2. The van der Waals surface area contributed by atoms with Gasteiger partial charge in [-0.25, -0.2) is 0 Å². The first-order valence-corrected chi connectivity index (χ1v) is 7.26. The summed E-state index contributed by atoms with van der Waals surface area (Å²) in [4.78, 5) is 13.8. The van der Waals surface area contributed by atoms with Crippen LogP contribution in [0.5, 0.6) is 0 Å². The Morgan fingerprint density at radius 2 is 1.90 bits per heavy atom. The number of rotatable bonds is 2. The smallest absolute Gasteiger partial charge is 0.200 e. The molecule has 6 heteroatoms.